The number of halogens is 1. The standard InChI is InChI=1S/C15H15ClN2O3/c1-8-5-10(21-2)3-4-13(8)18-14-11(15(19)20)6-9(17)7-12(14)16/h3-7,18H,17H2,1-2H3,(H,19,20). The molecule has 0 saturated carbocycles. The fraction of sp³-hybridized carbons (Fsp3) is 0.133. The number of carboxylic acid groups (broad SMARTS) is 1. The number of carbonyl (C=O) groups is 1. The molecule has 0 atom stereocenters. The van der Waals surface area contributed by atoms with E-state index in [9.17, 15) is 9.90 Å². The maximum Gasteiger partial charge on any atom is 0.337 e. The molecule has 0 aliphatic rings. The van der Waals surface area contributed by atoms with E-state index < -0.39 is 5.97 Å². The molecule has 0 aromatic heterocycles. The van der Waals surface area contributed by atoms with E-state index in [2.05, 4.69) is 5.32 Å². The third-order valence-corrected chi connectivity index (χ3v) is 3.33. The van der Waals surface area contributed by atoms with Crippen LogP contribution in [0.2, 0.25) is 5.02 Å². The first kappa shape index (κ1) is 15.0. The second kappa shape index (κ2) is 5.93. The summed E-state index contributed by atoms with van der Waals surface area (Å²) in [7, 11) is 1.58. The summed E-state index contributed by atoms with van der Waals surface area (Å²) in [6.45, 7) is 1.89. The molecule has 0 aliphatic carbocycles. The Morgan fingerprint density at radius 2 is 2.05 bits per heavy atom. The Morgan fingerprint density at radius 3 is 2.62 bits per heavy atom. The van der Waals surface area contributed by atoms with Gasteiger partial charge in [0.25, 0.3) is 0 Å². The molecule has 0 spiro atoms. The molecule has 0 fully saturated rings. The number of rotatable bonds is 4. The first-order valence-electron chi connectivity index (χ1n) is 6.16. The molecule has 2 aromatic rings. The Labute approximate surface area is 127 Å². The van der Waals surface area contributed by atoms with E-state index >= 15 is 0 Å². The monoisotopic (exact) mass is 306 g/mol. The van der Waals surface area contributed by atoms with Gasteiger partial charge in [0, 0.05) is 11.4 Å². The minimum Gasteiger partial charge on any atom is -0.497 e. The molecular formula is C15H15ClN2O3. The third kappa shape index (κ3) is 3.20. The van der Waals surface area contributed by atoms with Crippen LogP contribution in [0.5, 0.6) is 5.75 Å². The third-order valence-electron chi connectivity index (χ3n) is 3.04. The molecule has 5 nitrogen and oxygen atoms in total. The van der Waals surface area contributed by atoms with Crippen molar-refractivity contribution < 1.29 is 14.6 Å². The van der Waals surface area contributed by atoms with E-state index in [1.54, 1.807) is 19.2 Å². The number of hydrogen-bond donors (Lipinski definition) is 3. The lowest BCUT2D eigenvalue weighted by atomic mass is 10.1. The number of ether oxygens (including phenoxy) is 1. The quantitative estimate of drug-likeness (QED) is 0.750. The van der Waals surface area contributed by atoms with Crippen molar-refractivity contribution >= 4 is 34.6 Å². The van der Waals surface area contributed by atoms with Gasteiger partial charge < -0.3 is 20.9 Å². The number of aryl methyl sites for hydroxylation is 1. The summed E-state index contributed by atoms with van der Waals surface area (Å²) in [4.78, 5) is 11.3. The van der Waals surface area contributed by atoms with Crippen molar-refractivity contribution in [3.05, 3.63) is 46.5 Å². The van der Waals surface area contributed by atoms with Gasteiger partial charge in [-0.05, 0) is 42.8 Å². The predicted octanol–water partition coefficient (Wildman–Crippen LogP) is 3.68. The van der Waals surface area contributed by atoms with Crippen molar-refractivity contribution in [2.45, 2.75) is 6.92 Å². The maximum atomic E-state index is 11.3. The zero-order valence-corrected chi connectivity index (χ0v) is 12.4. The molecule has 0 heterocycles. The minimum absolute atomic E-state index is 0.0234. The number of carboxylic acids is 1. The van der Waals surface area contributed by atoms with Crippen LogP contribution in [0.15, 0.2) is 30.3 Å². The van der Waals surface area contributed by atoms with E-state index in [4.69, 9.17) is 22.1 Å². The largest absolute Gasteiger partial charge is 0.497 e. The van der Waals surface area contributed by atoms with Gasteiger partial charge in [-0.3, -0.25) is 0 Å². The first-order valence-corrected chi connectivity index (χ1v) is 6.54. The summed E-state index contributed by atoms with van der Waals surface area (Å²) < 4.78 is 5.14. The van der Waals surface area contributed by atoms with E-state index in [-0.39, 0.29) is 10.6 Å². The number of benzene rings is 2. The van der Waals surface area contributed by atoms with Gasteiger partial charge >= 0.3 is 5.97 Å². The summed E-state index contributed by atoms with van der Waals surface area (Å²) >= 11 is 6.11. The smallest absolute Gasteiger partial charge is 0.337 e. The first-order chi connectivity index (χ1) is 9.92. The molecule has 0 radical (unpaired) electrons. The van der Waals surface area contributed by atoms with Gasteiger partial charge in [-0.1, -0.05) is 11.6 Å². The van der Waals surface area contributed by atoms with Crippen LogP contribution in [-0.4, -0.2) is 18.2 Å². The van der Waals surface area contributed by atoms with Gasteiger partial charge in [0.05, 0.1) is 23.4 Å². The zero-order valence-electron chi connectivity index (χ0n) is 11.6. The number of aromatic carboxylic acids is 1. The van der Waals surface area contributed by atoms with Crippen molar-refractivity contribution in [1.82, 2.24) is 0 Å². The maximum absolute atomic E-state index is 11.3. The summed E-state index contributed by atoms with van der Waals surface area (Å²) in [6, 6.07) is 8.30. The molecule has 0 saturated heterocycles. The van der Waals surface area contributed by atoms with Gasteiger partial charge in [-0.2, -0.15) is 0 Å². The van der Waals surface area contributed by atoms with Gasteiger partial charge in [-0.25, -0.2) is 4.79 Å². The topological polar surface area (TPSA) is 84.6 Å². The van der Waals surface area contributed by atoms with Crippen molar-refractivity contribution in [2.75, 3.05) is 18.2 Å². The average molecular weight is 307 g/mol. The number of methoxy groups -OCH3 is 1. The summed E-state index contributed by atoms with van der Waals surface area (Å²) in [5, 5.41) is 12.6. The lowest BCUT2D eigenvalue weighted by Crippen LogP contribution is -2.05. The summed E-state index contributed by atoms with van der Waals surface area (Å²) in [5.74, 6) is -0.377. The zero-order chi connectivity index (χ0) is 15.6. The number of anilines is 3. The van der Waals surface area contributed by atoms with E-state index in [0.717, 1.165) is 17.0 Å². The SMILES string of the molecule is COc1ccc(Nc2c(Cl)cc(N)cc2C(=O)O)c(C)c1. The molecule has 2 aromatic carbocycles. The Bertz CT molecular complexity index is 702. The normalized spacial score (nSPS) is 10.2. The molecule has 0 amide bonds. The van der Waals surface area contributed by atoms with E-state index in [0.29, 0.717) is 11.4 Å². The second-order valence-corrected chi connectivity index (χ2v) is 4.94. The lowest BCUT2D eigenvalue weighted by Gasteiger charge is -2.15. The lowest BCUT2D eigenvalue weighted by molar-refractivity contribution is 0.0698. The Balaban J connectivity index is 2.46. The molecule has 110 valence electrons. The summed E-state index contributed by atoms with van der Waals surface area (Å²) in [5.41, 5.74) is 7.91. The highest BCUT2D eigenvalue weighted by Crippen LogP contribution is 2.33. The Morgan fingerprint density at radius 1 is 1.33 bits per heavy atom. The number of hydrogen-bond acceptors (Lipinski definition) is 4. The second-order valence-electron chi connectivity index (χ2n) is 4.54. The molecule has 0 unspecified atom stereocenters. The van der Waals surface area contributed by atoms with Crippen LogP contribution < -0.4 is 15.8 Å². The fourth-order valence-electron chi connectivity index (χ4n) is 1.96. The Hall–Kier alpha value is -2.40. The van der Waals surface area contributed by atoms with Crippen LogP contribution in [0, 0.1) is 6.92 Å². The Kier molecular flexibility index (Phi) is 4.23. The average Bonchev–Trinajstić information content (AvgIpc) is 2.42. The number of nitrogens with two attached hydrogens (primary N) is 1. The molecule has 6 heteroatoms. The molecular weight excluding hydrogens is 292 g/mol. The molecule has 21 heavy (non-hydrogen) atoms. The highest BCUT2D eigenvalue weighted by Gasteiger charge is 2.15. The highest BCUT2D eigenvalue weighted by atomic mass is 35.5. The van der Waals surface area contributed by atoms with Crippen LogP contribution in [0.25, 0.3) is 0 Å². The van der Waals surface area contributed by atoms with Crippen molar-refractivity contribution in [1.29, 1.82) is 0 Å². The molecule has 0 bridgehead atoms. The minimum atomic E-state index is -1.10. The van der Waals surface area contributed by atoms with Gasteiger partial charge in [0.1, 0.15) is 5.75 Å². The van der Waals surface area contributed by atoms with Gasteiger partial charge in [0.2, 0.25) is 0 Å². The highest BCUT2D eigenvalue weighted by molar-refractivity contribution is 6.34. The van der Waals surface area contributed by atoms with Gasteiger partial charge in [0.15, 0.2) is 0 Å². The van der Waals surface area contributed by atoms with Gasteiger partial charge in [-0.15, -0.1) is 0 Å². The van der Waals surface area contributed by atoms with E-state index in [1.807, 2.05) is 13.0 Å². The van der Waals surface area contributed by atoms with E-state index in [1.165, 1.54) is 12.1 Å². The van der Waals surface area contributed by atoms with Crippen LogP contribution in [0.1, 0.15) is 15.9 Å². The van der Waals surface area contributed by atoms with Crippen LogP contribution in [-0.2, 0) is 0 Å². The predicted molar refractivity (Wildman–Crippen MR) is 83.8 cm³/mol. The molecule has 0 aliphatic heterocycles. The van der Waals surface area contributed by atoms with Crippen LogP contribution in [0.4, 0.5) is 17.1 Å². The van der Waals surface area contributed by atoms with Crippen LogP contribution >= 0.6 is 11.6 Å². The van der Waals surface area contributed by atoms with Crippen molar-refractivity contribution in [3.8, 4) is 5.75 Å². The van der Waals surface area contributed by atoms with Crippen molar-refractivity contribution in [3.63, 3.8) is 0 Å². The molecule has 4 N–H and O–H groups in total. The fourth-order valence-corrected chi connectivity index (χ4v) is 2.24. The number of nitrogen functional groups attached to an aromatic ring is 1. The number of nitrogens with one attached hydrogen (secondary N) is 1. The van der Waals surface area contributed by atoms with Crippen molar-refractivity contribution in [2.24, 2.45) is 0 Å². The van der Waals surface area contributed by atoms with Crippen LogP contribution in [0.3, 0.4) is 0 Å². The molecule has 2 rings (SSSR count). The summed E-state index contributed by atoms with van der Waals surface area (Å²) in [6.07, 6.45) is 0.